The Morgan fingerprint density at radius 3 is 2.74 bits per heavy atom. The lowest BCUT2D eigenvalue weighted by Crippen LogP contribution is -2.44. The van der Waals surface area contributed by atoms with Crippen LogP contribution < -0.4 is 14.4 Å². The summed E-state index contributed by atoms with van der Waals surface area (Å²) in [6, 6.07) is 11.0. The fourth-order valence-corrected chi connectivity index (χ4v) is 7.33. The van der Waals surface area contributed by atoms with E-state index in [0.717, 1.165) is 42.9 Å². The molecule has 0 unspecified atom stereocenters. The zero-order valence-corrected chi connectivity index (χ0v) is 24.1. The van der Waals surface area contributed by atoms with Crippen molar-refractivity contribution in [3.8, 4) is 5.75 Å². The Hall–Kier alpha value is -2.55. The third-order valence-corrected chi connectivity index (χ3v) is 9.87. The van der Waals surface area contributed by atoms with Gasteiger partial charge in [-0.3, -0.25) is 4.79 Å². The molecule has 3 aliphatic rings. The van der Waals surface area contributed by atoms with Crippen LogP contribution in [0.4, 0.5) is 5.69 Å². The number of nitrogens with one attached hydrogen (secondary N) is 1. The van der Waals surface area contributed by atoms with Crippen molar-refractivity contribution in [2.75, 3.05) is 31.7 Å². The van der Waals surface area contributed by atoms with Crippen molar-refractivity contribution in [2.45, 2.75) is 62.4 Å². The summed E-state index contributed by atoms with van der Waals surface area (Å²) < 4.78 is 40.7. The molecule has 39 heavy (non-hydrogen) atoms. The minimum absolute atomic E-state index is 0.0436. The maximum atomic E-state index is 13.1. The number of nitrogens with zero attached hydrogens (tertiary/aromatic N) is 1. The fourth-order valence-electron chi connectivity index (χ4n) is 6.10. The first-order valence-corrected chi connectivity index (χ1v) is 15.7. The maximum Gasteiger partial charge on any atom is 0.264 e. The smallest absolute Gasteiger partial charge is 0.264 e. The minimum atomic E-state index is -4.02. The topological polar surface area (TPSA) is 84.9 Å². The van der Waals surface area contributed by atoms with Crippen molar-refractivity contribution in [1.82, 2.24) is 4.72 Å². The molecule has 1 saturated carbocycles. The van der Waals surface area contributed by atoms with E-state index in [-0.39, 0.29) is 23.3 Å². The second-order valence-electron chi connectivity index (χ2n) is 10.8. The second kappa shape index (κ2) is 11.9. The highest BCUT2D eigenvalue weighted by atomic mass is 35.5. The Bertz CT molecular complexity index is 1340. The Balaban J connectivity index is 1.56. The van der Waals surface area contributed by atoms with Gasteiger partial charge in [-0.05, 0) is 79.0 Å². The molecule has 2 aliphatic heterocycles. The van der Waals surface area contributed by atoms with Gasteiger partial charge < -0.3 is 14.4 Å². The first-order chi connectivity index (χ1) is 18.8. The number of hydrogen-bond acceptors (Lipinski definition) is 6. The van der Waals surface area contributed by atoms with Crippen LogP contribution in [0.5, 0.6) is 5.75 Å². The van der Waals surface area contributed by atoms with Crippen LogP contribution in [0.1, 0.15) is 56.1 Å². The molecule has 1 amide bonds. The number of carbonyl (C=O) groups is 1. The van der Waals surface area contributed by atoms with Crippen molar-refractivity contribution in [3.05, 3.63) is 64.7 Å². The van der Waals surface area contributed by atoms with E-state index in [2.05, 4.69) is 28.7 Å². The van der Waals surface area contributed by atoms with Crippen LogP contribution in [-0.2, 0) is 26.0 Å². The average molecular weight is 573 g/mol. The maximum absolute atomic E-state index is 13.1. The van der Waals surface area contributed by atoms with Crippen LogP contribution in [0.25, 0.3) is 0 Å². The Morgan fingerprint density at radius 2 is 2.00 bits per heavy atom. The molecule has 7 nitrogen and oxygen atoms in total. The lowest BCUT2D eigenvalue weighted by molar-refractivity contribution is -0.119. The van der Waals surface area contributed by atoms with Gasteiger partial charge in [0.2, 0.25) is 5.91 Å². The zero-order chi connectivity index (χ0) is 27.6. The molecule has 9 heteroatoms. The molecule has 5 rings (SSSR count). The number of halogens is 1. The van der Waals surface area contributed by atoms with E-state index in [9.17, 15) is 13.2 Å². The van der Waals surface area contributed by atoms with Gasteiger partial charge in [-0.2, -0.15) is 0 Å². The van der Waals surface area contributed by atoms with Crippen molar-refractivity contribution >= 4 is 33.2 Å². The fraction of sp³-hybridized carbons (Fsp3) is 0.500. The van der Waals surface area contributed by atoms with Gasteiger partial charge in [-0.1, -0.05) is 43.2 Å². The van der Waals surface area contributed by atoms with Crippen LogP contribution in [0.2, 0.25) is 5.02 Å². The number of methoxy groups -OCH3 is 1. The number of carbonyl (C=O) groups excluding carboxylic acids is 1. The van der Waals surface area contributed by atoms with Gasteiger partial charge in [-0.25, -0.2) is 13.1 Å². The summed E-state index contributed by atoms with van der Waals surface area (Å²) in [4.78, 5) is 14.8. The van der Waals surface area contributed by atoms with E-state index >= 15 is 0 Å². The van der Waals surface area contributed by atoms with Gasteiger partial charge in [0.05, 0.1) is 23.3 Å². The van der Waals surface area contributed by atoms with E-state index in [0.29, 0.717) is 37.2 Å². The van der Waals surface area contributed by atoms with Gasteiger partial charge >= 0.3 is 0 Å². The van der Waals surface area contributed by atoms with Crippen LogP contribution >= 0.6 is 11.6 Å². The summed E-state index contributed by atoms with van der Waals surface area (Å²) in [6.07, 6.45) is 8.53. The monoisotopic (exact) mass is 572 g/mol. The van der Waals surface area contributed by atoms with Crippen molar-refractivity contribution in [2.24, 2.45) is 11.8 Å². The third-order valence-electron chi connectivity index (χ3n) is 8.26. The molecule has 1 aliphatic carbocycles. The Labute approximate surface area is 236 Å². The lowest BCUT2D eigenvalue weighted by atomic mass is 9.70. The van der Waals surface area contributed by atoms with E-state index < -0.39 is 15.9 Å². The summed E-state index contributed by atoms with van der Waals surface area (Å²) in [7, 11) is -2.29. The predicted molar refractivity (Wildman–Crippen MR) is 153 cm³/mol. The van der Waals surface area contributed by atoms with E-state index in [1.807, 2.05) is 18.2 Å². The second-order valence-corrected chi connectivity index (χ2v) is 13.0. The standard InChI is InChI=1S/C30H37ClN2O5S/c1-3-6-20-15-23(31)10-13-25(20)22-18-33-17-21-9-12-26(21)28(37-2)7-4-5-8-30(34)32-39(35,36)24-11-14-29(38-19-22)27(33)16-24/h4,7,10-11,13-16,21-22,26,28H,3,5-6,8-9,12,17-19H2,1-2H3,(H,32,34)/b7-4+/t21-,22-,26+,28-/m0/s1. The highest BCUT2D eigenvalue weighted by molar-refractivity contribution is 7.90. The predicted octanol–water partition coefficient (Wildman–Crippen LogP) is 5.47. The van der Waals surface area contributed by atoms with Crippen LogP contribution in [-0.4, -0.2) is 47.2 Å². The summed E-state index contributed by atoms with van der Waals surface area (Å²) in [5.41, 5.74) is 3.18. The van der Waals surface area contributed by atoms with Crippen LogP contribution in [0.15, 0.2) is 53.4 Å². The average Bonchev–Trinajstić information content (AvgIpc) is 3.07. The number of allylic oxidation sites excluding steroid dienone is 1. The van der Waals surface area contributed by atoms with Gasteiger partial charge in [0.25, 0.3) is 10.0 Å². The summed E-state index contributed by atoms with van der Waals surface area (Å²) in [5.74, 6) is 0.942. The molecule has 0 aromatic heterocycles. The normalized spacial score (nSPS) is 27.5. The number of fused-ring (bicyclic) bond motifs is 2. The number of benzene rings is 2. The van der Waals surface area contributed by atoms with Gasteiger partial charge in [0.15, 0.2) is 0 Å². The molecule has 2 bridgehead atoms. The highest BCUT2D eigenvalue weighted by Gasteiger charge is 2.39. The van der Waals surface area contributed by atoms with E-state index in [1.54, 1.807) is 19.2 Å². The number of ether oxygens (including phenoxy) is 2. The van der Waals surface area contributed by atoms with Crippen LogP contribution in [0.3, 0.4) is 0 Å². The molecule has 1 fully saturated rings. The first kappa shape index (κ1) is 28.0. The molecule has 210 valence electrons. The summed E-state index contributed by atoms with van der Waals surface area (Å²) >= 11 is 6.36. The first-order valence-electron chi connectivity index (χ1n) is 13.8. The largest absolute Gasteiger partial charge is 0.491 e. The summed E-state index contributed by atoms with van der Waals surface area (Å²) in [5, 5.41) is 0.724. The number of rotatable bonds is 4. The molecule has 0 spiro atoms. The molecule has 2 heterocycles. The molecule has 1 N–H and O–H groups in total. The molecule has 2 aromatic rings. The number of sulfonamides is 1. The molecule has 2 aromatic carbocycles. The number of anilines is 1. The molecular weight excluding hydrogens is 536 g/mol. The third kappa shape index (κ3) is 6.13. The van der Waals surface area contributed by atoms with Crippen LogP contribution in [0, 0.1) is 11.8 Å². The minimum Gasteiger partial charge on any atom is -0.491 e. The highest BCUT2D eigenvalue weighted by Crippen LogP contribution is 2.43. The quantitative estimate of drug-likeness (QED) is 0.489. The summed E-state index contributed by atoms with van der Waals surface area (Å²) in [6.45, 7) is 4.07. The van der Waals surface area contributed by atoms with Gasteiger partial charge in [0.1, 0.15) is 5.75 Å². The molecular formula is C30H37ClN2O5S. The van der Waals surface area contributed by atoms with E-state index in [4.69, 9.17) is 21.1 Å². The molecule has 0 radical (unpaired) electrons. The number of amides is 1. The van der Waals surface area contributed by atoms with Gasteiger partial charge in [-0.15, -0.1) is 0 Å². The van der Waals surface area contributed by atoms with Gasteiger partial charge in [0, 0.05) is 37.6 Å². The van der Waals surface area contributed by atoms with Crippen molar-refractivity contribution in [1.29, 1.82) is 0 Å². The number of hydrogen-bond donors (Lipinski definition) is 1. The van der Waals surface area contributed by atoms with E-state index in [1.165, 1.54) is 17.2 Å². The number of aryl methyl sites for hydroxylation is 1. The molecule has 0 saturated heterocycles. The lowest BCUT2D eigenvalue weighted by Gasteiger charge is -2.43. The van der Waals surface area contributed by atoms with Crippen molar-refractivity contribution in [3.63, 3.8) is 0 Å². The molecule has 4 atom stereocenters. The Kier molecular flexibility index (Phi) is 8.55. The SMILES string of the molecule is CCCc1cc(Cl)ccc1[C@@H]1COc2ccc3cc2N(C1)C[C@@H]1CC[C@H]1[C@@H](OC)/C=C/CCC(=O)NS3(=O)=O. The Morgan fingerprint density at radius 1 is 1.15 bits per heavy atom. The van der Waals surface area contributed by atoms with Crippen molar-refractivity contribution < 1.29 is 22.7 Å². The zero-order valence-electron chi connectivity index (χ0n) is 22.6.